The monoisotopic (exact) mass is 308 g/mol. The van der Waals surface area contributed by atoms with Gasteiger partial charge in [-0.15, -0.1) is 0 Å². The molecule has 0 aliphatic carbocycles. The van der Waals surface area contributed by atoms with E-state index in [1.165, 1.54) is 6.07 Å². The first-order chi connectivity index (χ1) is 10.1. The van der Waals surface area contributed by atoms with E-state index in [1.54, 1.807) is 24.3 Å². The van der Waals surface area contributed by atoms with Crippen LogP contribution in [0, 0.1) is 5.82 Å². The molecule has 2 aromatic carbocycles. The van der Waals surface area contributed by atoms with Gasteiger partial charge in [-0.2, -0.15) is 0 Å². The number of ether oxygens (including phenoxy) is 2. The van der Waals surface area contributed by atoms with Gasteiger partial charge in [0.1, 0.15) is 12.4 Å². The van der Waals surface area contributed by atoms with Crippen molar-refractivity contribution in [2.75, 3.05) is 6.61 Å². The highest BCUT2D eigenvalue weighted by molar-refractivity contribution is 6.30. The molecule has 0 aromatic heterocycles. The zero-order valence-corrected chi connectivity index (χ0v) is 11.9. The van der Waals surface area contributed by atoms with Gasteiger partial charge in [-0.25, -0.2) is 4.39 Å². The molecule has 0 spiro atoms. The van der Waals surface area contributed by atoms with Gasteiger partial charge >= 0.3 is 0 Å². The van der Waals surface area contributed by atoms with Gasteiger partial charge < -0.3 is 14.6 Å². The Morgan fingerprint density at radius 3 is 2.76 bits per heavy atom. The lowest BCUT2D eigenvalue weighted by molar-refractivity contribution is -0.00973. The minimum absolute atomic E-state index is 0.0471. The molecule has 2 unspecified atom stereocenters. The number of aliphatic hydroxyl groups is 1. The van der Waals surface area contributed by atoms with E-state index in [0.717, 1.165) is 0 Å². The van der Waals surface area contributed by atoms with E-state index in [4.69, 9.17) is 21.1 Å². The summed E-state index contributed by atoms with van der Waals surface area (Å²) in [5.74, 6) is 0.726. The Kier molecular flexibility index (Phi) is 3.99. The summed E-state index contributed by atoms with van der Waals surface area (Å²) in [6.45, 7) is 0.223. The third-order valence-electron chi connectivity index (χ3n) is 3.42. The average Bonchev–Trinajstić information content (AvgIpc) is 2.51. The van der Waals surface area contributed by atoms with Crippen LogP contribution in [0.4, 0.5) is 4.39 Å². The Bertz CT molecular complexity index is 647. The van der Waals surface area contributed by atoms with Crippen LogP contribution in [0.2, 0.25) is 5.02 Å². The summed E-state index contributed by atoms with van der Waals surface area (Å²) in [7, 11) is 0. The van der Waals surface area contributed by atoms with Gasteiger partial charge in [-0.1, -0.05) is 35.9 Å². The molecular weight excluding hydrogens is 295 g/mol. The number of para-hydroxylation sites is 2. The molecule has 1 N–H and O–H groups in total. The minimum atomic E-state index is -0.883. The fraction of sp³-hybridized carbons (Fsp3) is 0.250. The fourth-order valence-electron chi connectivity index (χ4n) is 2.29. The van der Waals surface area contributed by atoms with Crippen molar-refractivity contribution in [1.82, 2.24) is 0 Å². The van der Waals surface area contributed by atoms with Crippen LogP contribution in [0.3, 0.4) is 0 Å². The molecule has 5 heteroatoms. The van der Waals surface area contributed by atoms with Gasteiger partial charge in [0, 0.05) is 6.42 Å². The summed E-state index contributed by atoms with van der Waals surface area (Å²) in [6, 6.07) is 12.0. The lowest BCUT2D eigenvalue weighted by Crippen LogP contribution is -2.40. The fourth-order valence-corrected chi connectivity index (χ4v) is 2.48. The maximum atomic E-state index is 13.9. The number of fused-ring (bicyclic) bond motifs is 1. The Morgan fingerprint density at radius 2 is 1.95 bits per heavy atom. The molecule has 110 valence electrons. The maximum Gasteiger partial charge on any atom is 0.161 e. The normalized spacial score (nSPS) is 18.3. The molecule has 0 amide bonds. The van der Waals surface area contributed by atoms with Crippen LogP contribution in [-0.4, -0.2) is 23.9 Å². The maximum absolute atomic E-state index is 13.9. The SMILES string of the molecule is OC(Cc1cccc(Cl)c1F)C1COc2ccccc2O1. The third kappa shape index (κ3) is 2.96. The lowest BCUT2D eigenvalue weighted by Gasteiger charge is -2.29. The van der Waals surface area contributed by atoms with Gasteiger partial charge in [0.2, 0.25) is 0 Å². The zero-order chi connectivity index (χ0) is 14.8. The van der Waals surface area contributed by atoms with Gasteiger partial charge in [0.15, 0.2) is 17.6 Å². The van der Waals surface area contributed by atoms with Crippen LogP contribution < -0.4 is 9.47 Å². The number of aliphatic hydroxyl groups excluding tert-OH is 1. The second-order valence-corrected chi connectivity index (χ2v) is 5.31. The standard InChI is InChI=1S/C16H14ClFO3/c17-11-5-3-4-10(16(11)18)8-12(19)15-9-20-13-6-1-2-7-14(13)21-15/h1-7,12,15,19H,8-9H2. The summed E-state index contributed by atoms with van der Waals surface area (Å²) < 4.78 is 25.1. The molecule has 1 aliphatic rings. The second kappa shape index (κ2) is 5.92. The van der Waals surface area contributed by atoms with Crippen molar-refractivity contribution < 1.29 is 19.0 Å². The van der Waals surface area contributed by atoms with Crippen molar-refractivity contribution in [3.63, 3.8) is 0 Å². The van der Waals surface area contributed by atoms with Crippen LogP contribution in [0.25, 0.3) is 0 Å². The Labute approximate surface area is 126 Å². The van der Waals surface area contributed by atoms with Crippen molar-refractivity contribution in [3.05, 3.63) is 58.9 Å². The van der Waals surface area contributed by atoms with Crippen molar-refractivity contribution in [2.45, 2.75) is 18.6 Å². The van der Waals surface area contributed by atoms with Crippen molar-refractivity contribution in [2.24, 2.45) is 0 Å². The molecule has 21 heavy (non-hydrogen) atoms. The second-order valence-electron chi connectivity index (χ2n) is 4.90. The first-order valence-corrected chi connectivity index (χ1v) is 7.02. The molecule has 0 radical (unpaired) electrons. The summed E-state index contributed by atoms with van der Waals surface area (Å²) >= 11 is 5.74. The minimum Gasteiger partial charge on any atom is -0.486 e. The van der Waals surface area contributed by atoms with Crippen LogP contribution in [0.5, 0.6) is 11.5 Å². The quantitative estimate of drug-likeness (QED) is 0.946. The van der Waals surface area contributed by atoms with Crippen molar-refractivity contribution in [3.8, 4) is 11.5 Å². The van der Waals surface area contributed by atoms with E-state index >= 15 is 0 Å². The highest BCUT2D eigenvalue weighted by Crippen LogP contribution is 2.32. The number of hydrogen-bond donors (Lipinski definition) is 1. The first-order valence-electron chi connectivity index (χ1n) is 6.64. The van der Waals surface area contributed by atoms with Crippen molar-refractivity contribution in [1.29, 1.82) is 0 Å². The third-order valence-corrected chi connectivity index (χ3v) is 3.71. The average molecular weight is 309 g/mol. The summed E-state index contributed by atoms with van der Waals surface area (Å²) in [6.07, 6.45) is -1.31. The molecular formula is C16H14ClFO3. The molecule has 2 aromatic rings. The van der Waals surface area contributed by atoms with Crippen LogP contribution in [0.15, 0.2) is 42.5 Å². The van der Waals surface area contributed by atoms with Gasteiger partial charge in [0.05, 0.1) is 11.1 Å². The van der Waals surface area contributed by atoms with E-state index in [1.807, 2.05) is 12.1 Å². The Hall–Kier alpha value is -1.78. The van der Waals surface area contributed by atoms with E-state index in [-0.39, 0.29) is 18.1 Å². The molecule has 3 rings (SSSR count). The molecule has 0 bridgehead atoms. The van der Waals surface area contributed by atoms with E-state index in [9.17, 15) is 9.50 Å². The number of hydrogen-bond acceptors (Lipinski definition) is 3. The summed E-state index contributed by atoms with van der Waals surface area (Å²) in [5, 5.41) is 10.3. The molecule has 0 saturated heterocycles. The van der Waals surface area contributed by atoms with Crippen LogP contribution in [0.1, 0.15) is 5.56 Å². The van der Waals surface area contributed by atoms with Gasteiger partial charge in [0.25, 0.3) is 0 Å². The van der Waals surface area contributed by atoms with Crippen LogP contribution in [-0.2, 0) is 6.42 Å². The van der Waals surface area contributed by atoms with Gasteiger partial charge in [-0.3, -0.25) is 0 Å². The molecule has 0 saturated carbocycles. The van der Waals surface area contributed by atoms with E-state index in [2.05, 4.69) is 0 Å². The van der Waals surface area contributed by atoms with E-state index in [0.29, 0.717) is 17.1 Å². The smallest absolute Gasteiger partial charge is 0.161 e. The number of rotatable bonds is 3. The largest absolute Gasteiger partial charge is 0.486 e. The lowest BCUT2D eigenvalue weighted by atomic mass is 10.0. The first kappa shape index (κ1) is 14.2. The number of halogens is 2. The topological polar surface area (TPSA) is 38.7 Å². The predicted molar refractivity (Wildman–Crippen MR) is 77.5 cm³/mol. The Balaban J connectivity index is 1.72. The van der Waals surface area contributed by atoms with Crippen molar-refractivity contribution >= 4 is 11.6 Å². The molecule has 3 nitrogen and oxygen atoms in total. The van der Waals surface area contributed by atoms with Crippen LogP contribution >= 0.6 is 11.6 Å². The molecule has 1 aliphatic heterocycles. The van der Waals surface area contributed by atoms with Gasteiger partial charge in [-0.05, 0) is 23.8 Å². The summed E-state index contributed by atoms with van der Waals surface area (Å²) in [5.41, 5.74) is 0.359. The summed E-state index contributed by atoms with van der Waals surface area (Å²) in [4.78, 5) is 0. The molecule has 0 fully saturated rings. The molecule has 1 heterocycles. The predicted octanol–water partition coefficient (Wildman–Crippen LogP) is 3.22. The number of benzene rings is 2. The highest BCUT2D eigenvalue weighted by atomic mass is 35.5. The van der Waals surface area contributed by atoms with E-state index < -0.39 is 18.0 Å². The Morgan fingerprint density at radius 1 is 1.19 bits per heavy atom. The zero-order valence-electron chi connectivity index (χ0n) is 11.1. The molecule has 2 atom stereocenters. The highest BCUT2D eigenvalue weighted by Gasteiger charge is 2.28.